The van der Waals surface area contributed by atoms with Gasteiger partial charge < -0.3 is 14.2 Å². The summed E-state index contributed by atoms with van der Waals surface area (Å²) in [7, 11) is 1.55. The molecule has 0 spiro atoms. The lowest BCUT2D eigenvalue weighted by Gasteiger charge is -2.16. The van der Waals surface area contributed by atoms with Gasteiger partial charge in [0.1, 0.15) is 17.2 Å². The molecular formula is C21H26N2O5. The molecule has 0 aromatic heterocycles. The summed E-state index contributed by atoms with van der Waals surface area (Å²) in [5.41, 5.74) is 6.54. The third kappa shape index (κ3) is 6.19. The highest BCUT2D eigenvalue weighted by Crippen LogP contribution is 2.20. The molecule has 7 heteroatoms. The molecule has 7 nitrogen and oxygen atoms in total. The van der Waals surface area contributed by atoms with Crippen molar-refractivity contribution < 1.29 is 23.8 Å². The highest BCUT2D eigenvalue weighted by atomic mass is 16.5. The monoisotopic (exact) mass is 386 g/mol. The molecule has 0 aliphatic carbocycles. The second kappa shape index (κ2) is 10.2. The van der Waals surface area contributed by atoms with Gasteiger partial charge in [-0.25, -0.2) is 0 Å². The van der Waals surface area contributed by atoms with Gasteiger partial charge in [0.2, 0.25) is 5.91 Å². The number of carbonyl (C=O) groups is 2. The van der Waals surface area contributed by atoms with Crippen LogP contribution in [0.15, 0.2) is 42.5 Å². The number of rotatable bonds is 8. The maximum absolute atomic E-state index is 12.2. The van der Waals surface area contributed by atoms with Crippen LogP contribution < -0.4 is 25.1 Å². The Balaban J connectivity index is 1.83. The Morgan fingerprint density at radius 2 is 1.71 bits per heavy atom. The van der Waals surface area contributed by atoms with Gasteiger partial charge >= 0.3 is 0 Å². The van der Waals surface area contributed by atoms with Gasteiger partial charge in [-0.1, -0.05) is 17.7 Å². The molecule has 2 N–H and O–H groups in total. The molecule has 0 aliphatic rings. The number of benzene rings is 2. The lowest BCUT2D eigenvalue weighted by atomic mass is 10.1. The second-order valence-corrected chi connectivity index (χ2v) is 6.19. The summed E-state index contributed by atoms with van der Waals surface area (Å²) in [6, 6.07) is 12.6. The van der Waals surface area contributed by atoms with Crippen LogP contribution in [0.25, 0.3) is 0 Å². The Morgan fingerprint density at radius 3 is 2.36 bits per heavy atom. The molecule has 1 atom stereocenters. The first-order valence-electron chi connectivity index (χ1n) is 9.04. The number of aryl methyl sites for hydroxylation is 1. The van der Waals surface area contributed by atoms with Crippen LogP contribution >= 0.6 is 0 Å². The lowest BCUT2D eigenvalue weighted by Crippen LogP contribution is -2.47. The maximum Gasteiger partial charge on any atom is 0.279 e. The number of hydrogen-bond donors (Lipinski definition) is 2. The molecule has 0 bridgehead atoms. The van der Waals surface area contributed by atoms with Crippen LogP contribution in [0.4, 0.5) is 0 Å². The minimum atomic E-state index is -0.785. The third-order valence-electron chi connectivity index (χ3n) is 3.93. The average molecular weight is 386 g/mol. The van der Waals surface area contributed by atoms with E-state index in [1.54, 1.807) is 38.3 Å². The van der Waals surface area contributed by atoms with Crippen LogP contribution in [0.1, 0.15) is 25.0 Å². The van der Waals surface area contributed by atoms with Crippen molar-refractivity contribution in [1.82, 2.24) is 10.9 Å². The van der Waals surface area contributed by atoms with Crippen molar-refractivity contribution in [3.05, 3.63) is 53.6 Å². The zero-order valence-corrected chi connectivity index (χ0v) is 16.6. The van der Waals surface area contributed by atoms with Gasteiger partial charge in [0.15, 0.2) is 6.10 Å². The SMILES string of the molecule is CCOc1ccc(O[C@@H](C)C(=O)NNC(=O)Cc2cc(C)ccc2OC)cc1. The first-order valence-corrected chi connectivity index (χ1v) is 9.04. The molecule has 150 valence electrons. The standard InChI is InChI=1S/C21H26N2O5/c1-5-27-17-7-9-18(10-8-17)28-15(3)21(25)23-22-20(24)13-16-12-14(2)6-11-19(16)26-4/h6-12,15H,5,13H2,1-4H3,(H,22,24)(H,23,25)/t15-/m0/s1. The number of ether oxygens (including phenoxy) is 3. The highest BCUT2D eigenvalue weighted by molar-refractivity contribution is 5.85. The van der Waals surface area contributed by atoms with Crippen molar-refractivity contribution in [2.24, 2.45) is 0 Å². The van der Waals surface area contributed by atoms with E-state index in [0.717, 1.165) is 16.9 Å². The van der Waals surface area contributed by atoms with Crippen molar-refractivity contribution in [1.29, 1.82) is 0 Å². The summed E-state index contributed by atoms with van der Waals surface area (Å²) in [6.45, 7) is 6.01. The topological polar surface area (TPSA) is 85.9 Å². The fourth-order valence-corrected chi connectivity index (χ4v) is 2.53. The van der Waals surface area contributed by atoms with E-state index in [-0.39, 0.29) is 12.3 Å². The molecule has 0 fully saturated rings. The number of nitrogens with one attached hydrogen (secondary N) is 2. The first kappa shape index (κ1) is 21.1. The molecule has 2 aromatic rings. The molecule has 0 heterocycles. The van der Waals surface area contributed by atoms with Gasteiger partial charge in [-0.2, -0.15) is 0 Å². The quantitative estimate of drug-likeness (QED) is 0.681. The summed E-state index contributed by atoms with van der Waals surface area (Å²) in [4.78, 5) is 24.3. The smallest absolute Gasteiger partial charge is 0.279 e. The highest BCUT2D eigenvalue weighted by Gasteiger charge is 2.16. The number of hydrogen-bond acceptors (Lipinski definition) is 5. The van der Waals surface area contributed by atoms with Gasteiger partial charge in [0.25, 0.3) is 5.91 Å². The van der Waals surface area contributed by atoms with Crippen molar-refractivity contribution in [3.63, 3.8) is 0 Å². The molecule has 0 aliphatic heterocycles. The molecular weight excluding hydrogens is 360 g/mol. The van der Waals surface area contributed by atoms with Crippen LogP contribution in [0.5, 0.6) is 17.2 Å². The predicted octanol–water partition coefficient (Wildman–Crippen LogP) is 2.56. The van der Waals surface area contributed by atoms with E-state index < -0.39 is 12.0 Å². The van der Waals surface area contributed by atoms with Gasteiger partial charge in [0.05, 0.1) is 20.1 Å². The minimum Gasteiger partial charge on any atom is -0.496 e. The van der Waals surface area contributed by atoms with E-state index in [2.05, 4.69) is 10.9 Å². The predicted molar refractivity (Wildman–Crippen MR) is 105 cm³/mol. The Labute approximate surface area is 165 Å². The van der Waals surface area contributed by atoms with Crippen molar-refractivity contribution in [2.45, 2.75) is 33.3 Å². The summed E-state index contributed by atoms with van der Waals surface area (Å²) < 4.78 is 16.2. The number of amides is 2. The Hall–Kier alpha value is -3.22. The molecule has 0 unspecified atom stereocenters. The van der Waals surface area contributed by atoms with Crippen LogP contribution in [0, 0.1) is 6.92 Å². The fraction of sp³-hybridized carbons (Fsp3) is 0.333. The second-order valence-electron chi connectivity index (χ2n) is 6.19. The Kier molecular flexibility index (Phi) is 7.68. The van der Waals surface area contributed by atoms with Gasteiger partial charge in [-0.05, 0) is 51.1 Å². The molecule has 2 aromatic carbocycles. The lowest BCUT2D eigenvalue weighted by molar-refractivity contribution is -0.132. The molecule has 2 rings (SSSR count). The van der Waals surface area contributed by atoms with E-state index in [1.807, 2.05) is 32.0 Å². The number of hydrazine groups is 1. The third-order valence-corrected chi connectivity index (χ3v) is 3.93. The summed E-state index contributed by atoms with van der Waals surface area (Å²) in [5.74, 6) is 1.07. The first-order chi connectivity index (χ1) is 13.4. The molecule has 2 amide bonds. The Morgan fingerprint density at radius 1 is 1.04 bits per heavy atom. The van der Waals surface area contributed by atoms with Gasteiger partial charge in [0, 0.05) is 5.56 Å². The van der Waals surface area contributed by atoms with E-state index in [1.165, 1.54) is 0 Å². The fourth-order valence-electron chi connectivity index (χ4n) is 2.53. The van der Waals surface area contributed by atoms with E-state index in [4.69, 9.17) is 14.2 Å². The number of carbonyl (C=O) groups excluding carboxylic acids is 2. The van der Waals surface area contributed by atoms with Crippen molar-refractivity contribution in [3.8, 4) is 17.2 Å². The van der Waals surface area contributed by atoms with E-state index in [9.17, 15) is 9.59 Å². The molecule has 28 heavy (non-hydrogen) atoms. The van der Waals surface area contributed by atoms with Crippen LogP contribution in [0.3, 0.4) is 0 Å². The van der Waals surface area contributed by atoms with Crippen LogP contribution in [-0.4, -0.2) is 31.6 Å². The minimum absolute atomic E-state index is 0.0826. The van der Waals surface area contributed by atoms with Crippen molar-refractivity contribution in [2.75, 3.05) is 13.7 Å². The van der Waals surface area contributed by atoms with Crippen LogP contribution in [-0.2, 0) is 16.0 Å². The van der Waals surface area contributed by atoms with Crippen LogP contribution in [0.2, 0.25) is 0 Å². The zero-order valence-electron chi connectivity index (χ0n) is 16.6. The Bertz CT molecular complexity index is 805. The number of methoxy groups -OCH3 is 1. The van der Waals surface area contributed by atoms with Gasteiger partial charge in [-0.15, -0.1) is 0 Å². The average Bonchev–Trinajstić information content (AvgIpc) is 2.68. The van der Waals surface area contributed by atoms with E-state index in [0.29, 0.717) is 18.1 Å². The summed E-state index contributed by atoms with van der Waals surface area (Å²) in [6.07, 6.45) is -0.703. The van der Waals surface area contributed by atoms with Crippen molar-refractivity contribution >= 4 is 11.8 Å². The normalized spacial score (nSPS) is 11.3. The maximum atomic E-state index is 12.2. The zero-order chi connectivity index (χ0) is 20.5. The molecule has 0 saturated heterocycles. The van der Waals surface area contributed by atoms with Gasteiger partial charge in [-0.3, -0.25) is 20.4 Å². The summed E-state index contributed by atoms with van der Waals surface area (Å²) in [5, 5.41) is 0. The summed E-state index contributed by atoms with van der Waals surface area (Å²) >= 11 is 0. The molecule has 0 radical (unpaired) electrons. The molecule has 0 saturated carbocycles. The largest absolute Gasteiger partial charge is 0.496 e. The van der Waals surface area contributed by atoms with E-state index >= 15 is 0 Å².